The molecule has 1 unspecified atom stereocenters. The SMILES string of the molecule is Cc1ccc2c(c1)C(C=O)OC(c1ccccc1Cl)=N2. The minimum absolute atomic E-state index is 0.379. The molecule has 0 aliphatic carbocycles. The lowest BCUT2D eigenvalue weighted by molar-refractivity contribution is -0.114. The predicted octanol–water partition coefficient (Wildman–Crippen LogP) is 4.00. The Bertz CT molecular complexity index is 709. The number of nitrogens with zero attached hydrogens (tertiary/aromatic N) is 1. The molecule has 0 fully saturated rings. The Balaban J connectivity index is 2.14. The van der Waals surface area contributed by atoms with Gasteiger partial charge in [-0.2, -0.15) is 0 Å². The monoisotopic (exact) mass is 285 g/mol. The zero-order chi connectivity index (χ0) is 14.1. The van der Waals surface area contributed by atoms with Crippen LogP contribution in [0.15, 0.2) is 47.5 Å². The standard InChI is InChI=1S/C16H12ClNO2/c1-10-6-7-14-12(8-10)15(9-19)20-16(18-14)11-4-2-3-5-13(11)17/h2-9,15H,1H3. The number of ether oxygens (including phenoxy) is 1. The van der Waals surface area contributed by atoms with Gasteiger partial charge in [0.15, 0.2) is 12.4 Å². The van der Waals surface area contributed by atoms with E-state index in [9.17, 15) is 4.79 Å². The molecule has 3 nitrogen and oxygen atoms in total. The molecule has 0 saturated carbocycles. The Morgan fingerprint density at radius 2 is 2.05 bits per heavy atom. The molecule has 1 heterocycles. The minimum atomic E-state index is -0.645. The summed E-state index contributed by atoms with van der Waals surface area (Å²) in [6, 6.07) is 13.0. The molecule has 0 aromatic heterocycles. The van der Waals surface area contributed by atoms with Crippen molar-refractivity contribution in [3.8, 4) is 0 Å². The summed E-state index contributed by atoms with van der Waals surface area (Å²) in [6.07, 6.45) is 0.137. The summed E-state index contributed by atoms with van der Waals surface area (Å²) in [5.41, 5.74) is 3.28. The first-order chi connectivity index (χ1) is 9.69. The first-order valence-electron chi connectivity index (χ1n) is 6.25. The highest BCUT2D eigenvalue weighted by atomic mass is 35.5. The maximum atomic E-state index is 11.3. The van der Waals surface area contributed by atoms with Gasteiger partial charge in [-0.3, -0.25) is 4.79 Å². The van der Waals surface area contributed by atoms with Gasteiger partial charge in [0.25, 0.3) is 0 Å². The molecule has 1 aliphatic rings. The van der Waals surface area contributed by atoms with Crippen LogP contribution in [0.3, 0.4) is 0 Å². The van der Waals surface area contributed by atoms with E-state index in [-0.39, 0.29) is 0 Å². The molecule has 1 atom stereocenters. The van der Waals surface area contributed by atoms with Gasteiger partial charge in [0.1, 0.15) is 0 Å². The molecule has 4 heteroatoms. The van der Waals surface area contributed by atoms with Crippen molar-refractivity contribution in [1.82, 2.24) is 0 Å². The molecule has 0 saturated heterocycles. The van der Waals surface area contributed by atoms with Gasteiger partial charge >= 0.3 is 0 Å². The van der Waals surface area contributed by atoms with Crippen LogP contribution in [0.2, 0.25) is 5.02 Å². The quantitative estimate of drug-likeness (QED) is 0.782. The average Bonchev–Trinajstić information content (AvgIpc) is 2.46. The second-order valence-corrected chi connectivity index (χ2v) is 5.04. The molecule has 20 heavy (non-hydrogen) atoms. The van der Waals surface area contributed by atoms with Crippen molar-refractivity contribution in [1.29, 1.82) is 0 Å². The number of hydrogen-bond donors (Lipinski definition) is 0. The first-order valence-corrected chi connectivity index (χ1v) is 6.63. The average molecular weight is 286 g/mol. The predicted molar refractivity (Wildman–Crippen MR) is 78.7 cm³/mol. The Hall–Kier alpha value is -2.13. The third kappa shape index (κ3) is 2.21. The highest BCUT2D eigenvalue weighted by molar-refractivity contribution is 6.33. The number of carbonyl (C=O) groups excluding carboxylic acids is 1. The van der Waals surface area contributed by atoms with Gasteiger partial charge in [-0.15, -0.1) is 0 Å². The summed E-state index contributed by atoms with van der Waals surface area (Å²) < 4.78 is 5.68. The maximum Gasteiger partial charge on any atom is 0.223 e. The number of rotatable bonds is 2. The molecule has 0 amide bonds. The fraction of sp³-hybridized carbons (Fsp3) is 0.125. The summed E-state index contributed by atoms with van der Waals surface area (Å²) >= 11 is 6.15. The zero-order valence-electron chi connectivity index (χ0n) is 10.8. The highest BCUT2D eigenvalue weighted by Gasteiger charge is 2.25. The topological polar surface area (TPSA) is 38.7 Å². The Labute approximate surface area is 121 Å². The van der Waals surface area contributed by atoms with Crippen LogP contribution < -0.4 is 0 Å². The summed E-state index contributed by atoms with van der Waals surface area (Å²) in [7, 11) is 0. The van der Waals surface area contributed by atoms with Crippen molar-refractivity contribution in [2.24, 2.45) is 4.99 Å². The van der Waals surface area contributed by atoms with Crippen molar-refractivity contribution in [3.63, 3.8) is 0 Å². The van der Waals surface area contributed by atoms with Gasteiger partial charge in [0.05, 0.1) is 16.3 Å². The van der Waals surface area contributed by atoms with E-state index in [4.69, 9.17) is 16.3 Å². The van der Waals surface area contributed by atoms with Crippen LogP contribution in [-0.2, 0) is 9.53 Å². The Morgan fingerprint density at radius 1 is 1.25 bits per heavy atom. The van der Waals surface area contributed by atoms with Gasteiger partial charge in [-0.05, 0) is 31.2 Å². The number of aldehydes is 1. The molecule has 0 N–H and O–H groups in total. The van der Waals surface area contributed by atoms with Gasteiger partial charge in [0, 0.05) is 5.56 Å². The second kappa shape index (κ2) is 5.10. The Kier molecular flexibility index (Phi) is 3.28. The molecule has 3 rings (SSSR count). The van der Waals surface area contributed by atoms with E-state index >= 15 is 0 Å². The number of hydrogen-bond acceptors (Lipinski definition) is 3. The van der Waals surface area contributed by atoms with Crippen LogP contribution in [0.25, 0.3) is 0 Å². The molecular formula is C16H12ClNO2. The van der Waals surface area contributed by atoms with E-state index in [1.165, 1.54) is 0 Å². The van der Waals surface area contributed by atoms with Gasteiger partial charge in [-0.1, -0.05) is 35.4 Å². The molecule has 1 aliphatic heterocycles. The maximum absolute atomic E-state index is 11.3. The summed E-state index contributed by atoms with van der Waals surface area (Å²) in [6.45, 7) is 1.97. The largest absolute Gasteiger partial charge is 0.461 e. The molecule has 0 bridgehead atoms. The molecule has 0 radical (unpaired) electrons. The lowest BCUT2D eigenvalue weighted by Crippen LogP contribution is -2.18. The van der Waals surface area contributed by atoms with Crippen molar-refractivity contribution in [2.75, 3.05) is 0 Å². The van der Waals surface area contributed by atoms with Crippen LogP contribution in [0.5, 0.6) is 0 Å². The van der Waals surface area contributed by atoms with Gasteiger partial charge in [-0.25, -0.2) is 4.99 Å². The van der Waals surface area contributed by atoms with E-state index in [1.807, 2.05) is 43.3 Å². The smallest absolute Gasteiger partial charge is 0.223 e. The fourth-order valence-electron chi connectivity index (χ4n) is 2.18. The van der Waals surface area contributed by atoms with Gasteiger partial charge in [0.2, 0.25) is 5.90 Å². The number of halogens is 1. The van der Waals surface area contributed by atoms with Crippen LogP contribution in [0, 0.1) is 6.92 Å². The number of benzene rings is 2. The fourth-order valence-corrected chi connectivity index (χ4v) is 2.40. The van der Waals surface area contributed by atoms with Crippen molar-refractivity contribution in [2.45, 2.75) is 13.0 Å². The highest BCUT2D eigenvalue weighted by Crippen LogP contribution is 2.34. The van der Waals surface area contributed by atoms with E-state index < -0.39 is 6.10 Å². The molecule has 2 aromatic rings. The van der Waals surface area contributed by atoms with Crippen molar-refractivity contribution >= 4 is 29.5 Å². The van der Waals surface area contributed by atoms with Crippen molar-refractivity contribution < 1.29 is 9.53 Å². The van der Waals surface area contributed by atoms with Crippen LogP contribution >= 0.6 is 11.6 Å². The second-order valence-electron chi connectivity index (χ2n) is 4.63. The normalized spacial score (nSPS) is 16.9. The lowest BCUT2D eigenvalue weighted by atomic mass is 10.0. The van der Waals surface area contributed by atoms with E-state index in [1.54, 1.807) is 6.07 Å². The summed E-state index contributed by atoms with van der Waals surface area (Å²) in [4.78, 5) is 15.7. The number of fused-ring (bicyclic) bond motifs is 1. The third-order valence-corrected chi connectivity index (χ3v) is 3.51. The molecule has 0 spiro atoms. The third-order valence-electron chi connectivity index (χ3n) is 3.18. The number of aliphatic imine (C=N–C) groups is 1. The van der Waals surface area contributed by atoms with Crippen LogP contribution in [0.4, 0.5) is 5.69 Å². The van der Waals surface area contributed by atoms with E-state index in [2.05, 4.69) is 4.99 Å². The molecular weight excluding hydrogens is 274 g/mol. The number of aryl methyl sites for hydroxylation is 1. The zero-order valence-corrected chi connectivity index (χ0v) is 11.6. The Morgan fingerprint density at radius 3 is 2.80 bits per heavy atom. The van der Waals surface area contributed by atoms with Crippen LogP contribution in [-0.4, -0.2) is 12.2 Å². The van der Waals surface area contributed by atoms with Crippen LogP contribution in [0.1, 0.15) is 22.8 Å². The van der Waals surface area contributed by atoms with E-state index in [0.29, 0.717) is 16.5 Å². The van der Waals surface area contributed by atoms with Gasteiger partial charge < -0.3 is 4.74 Å². The van der Waals surface area contributed by atoms with Crippen molar-refractivity contribution in [3.05, 3.63) is 64.2 Å². The number of carbonyl (C=O) groups is 1. The summed E-state index contributed by atoms with van der Waals surface area (Å²) in [5.74, 6) is 0.379. The summed E-state index contributed by atoms with van der Waals surface area (Å²) in [5, 5.41) is 0.548. The van der Waals surface area contributed by atoms with E-state index in [0.717, 1.165) is 23.1 Å². The molecule has 2 aromatic carbocycles. The molecule has 100 valence electrons. The first kappa shape index (κ1) is 12.9. The minimum Gasteiger partial charge on any atom is -0.461 e. The lowest BCUT2D eigenvalue weighted by Gasteiger charge is -2.23.